The Morgan fingerprint density at radius 1 is 1.11 bits per heavy atom. The Bertz CT molecular complexity index is 839. The van der Waals surface area contributed by atoms with E-state index in [1.165, 1.54) is 24.0 Å². The van der Waals surface area contributed by atoms with Gasteiger partial charge < -0.3 is 9.64 Å². The predicted octanol–water partition coefficient (Wildman–Crippen LogP) is 3.92. The minimum Gasteiger partial charge on any atom is -0.493 e. The largest absolute Gasteiger partial charge is 0.493 e. The number of amides is 1. The molecule has 0 radical (unpaired) electrons. The number of aldehydes is 1. The molecule has 2 aliphatic rings. The number of ether oxygens (including phenoxy) is 1. The van der Waals surface area contributed by atoms with Crippen LogP contribution < -0.4 is 4.74 Å². The van der Waals surface area contributed by atoms with Crippen LogP contribution in [0, 0.1) is 5.92 Å². The fourth-order valence-electron chi connectivity index (χ4n) is 3.72. The molecular weight excluding hydrogens is 338 g/mol. The van der Waals surface area contributed by atoms with Gasteiger partial charge in [0.1, 0.15) is 12.0 Å². The minimum absolute atomic E-state index is 0.0432. The first-order valence-corrected chi connectivity index (χ1v) is 9.71. The van der Waals surface area contributed by atoms with Crippen LogP contribution in [-0.2, 0) is 12.8 Å². The van der Waals surface area contributed by atoms with Crippen LogP contribution in [0.1, 0.15) is 51.1 Å². The summed E-state index contributed by atoms with van der Waals surface area (Å²) in [5.41, 5.74) is 3.88. The number of benzene rings is 2. The highest BCUT2D eigenvalue weighted by atomic mass is 16.5. The second-order valence-corrected chi connectivity index (χ2v) is 7.74. The average molecular weight is 363 g/mol. The van der Waals surface area contributed by atoms with E-state index in [4.69, 9.17) is 4.74 Å². The molecule has 0 N–H and O–H groups in total. The summed E-state index contributed by atoms with van der Waals surface area (Å²) in [6.07, 6.45) is 6.07. The highest BCUT2D eigenvalue weighted by molar-refractivity contribution is 5.94. The summed E-state index contributed by atoms with van der Waals surface area (Å²) in [6, 6.07) is 13.5. The van der Waals surface area contributed by atoms with Gasteiger partial charge in [0.2, 0.25) is 0 Å². The molecule has 2 aromatic carbocycles. The van der Waals surface area contributed by atoms with Gasteiger partial charge in [0, 0.05) is 24.2 Å². The summed E-state index contributed by atoms with van der Waals surface area (Å²) < 4.78 is 5.75. The highest BCUT2D eigenvalue weighted by Gasteiger charge is 2.26. The van der Waals surface area contributed by atoms with Gasteiger partial charge in [-0.1, -0.05) is 12.1 Å². The van der Waals surface area contributed by atoms with E-state index in [0.717, 1.165) is 43.5 Å². The molecule has 0 aliphatic heterocycles. The first-order valence-electron chi connectivity index (χ1n) is 9.71. The number of hydrogen-bond donors (Lipinski definition) is 0. The number of hydrogen-bond acceptors (Lipinski definition) is 3. The Kier molecular flexibility index (Phi) is 4.97. The summed E-state index contributed by atoms with van der Waals surface area (Å²) in [7, 11) is 1.88. The van der Waals surface area contributed by atoms with E-state index < -0.39 is 0 Å². The average Bonchev–Trinajstić information content (AvgIpc) is 3.55. The van der Waals surface area contributed by atoms with Gasteiger partial charge in [0.25, 0.3) is 5.91 Å². The maximum absolute atomic E-state index is 12.9. The molecule has 1 amide bonds. The molecule has 0 spiro atoms. The van der Waals surface area contributed by atoms with Gasteiger partial charge in [0.15, 0.2) is 0 Å². The lowest BCUT2D eigenvalue weighted by Crippen LogP contribution is -2.40. The van der Waals surface area contributed by atoms with Crippen LogP contribution in [0.3, 0.4) is 0 Å². The van der Waals surface area contributed by atoms with Crippen LogP contribution in [0.4, 0.5) is 0 Å². The van der Waals surface area contributed by atoms with Crippen LogP contribution in [-0.4, -0.2) is 36.8 Å². The number of carbonyl (C=O) groups is 2. The van der Waals surface area contributed by atoms with Crippen molar-refractivity contribution in [2.45, 2.75) is 38.1 Å². The maximum Gasteiger partial charge on any atom is 0.253 e. The van der Waals surface area contributed by atoms with Crippen LogP contribution in [0.15, 0.2) is 42.5 Å². The topological polar surface area (TPSA) is 46.6 Å². The van der Waals surface area contributed by atoms with Gasteiger partial charge in [-0.3, -0.25) is 9.59 Å². The monoisotopic (exact) mass is 363 g/mol. The molecule has 4 rings (SSSR count). The Balaban J connectivity index is 1.40. The van der Waals surface area contributed by atoms with E-state index in [1.807, 2.05) is 54.4 Å². The maximum atomic E-state index is 12.9. The second-order valence-electron chi connectivity index (χ2n) is 7.74. The van der Waals surface area contributed by atoms with Gasteiger partial charge in [-0.15, -0.1) is 0 Å². The molecule has 2 aliphatic carbocycles. The molecule has 2 aromatic rings. The van der Waals surface area contributed by atoms with Crippen LogP contribution in [0.2, 0.25) is 0 Å². The highest BCUT2D eigenvalue weighted by Crippen LogP contribution is 2.30. The fourth-order valence-corrected chi connectivity index (χ4v) is 3.72. The number of carbonyl (C=O) groups excluding carboxylic acids is 2. The SMILES string of the molecule is CN(C(=O)c1ccc(OCC2CC2)cc1)C1CCc2cc(C=O)ccc2C1. The van der Waals surface area contributed by atoms with Gasteiger partial charge in [-0.05, 0) is 79.5 Å². The van der Waals surface area contributed by atoms with Crippen LogP contribution >= 0.6 is 0 Å². The number of rotatable bonds is 6. The number of nitrogens with zero attached hydrogens (tertiary/aromatic N) is 1. The summed E-state index contributed by atoms with van der Waals surface area (Å²) >= 11 is 0. The molecule has 4 nitrogen and oxygen atoms in total. The molecule has 4 heteroatoms. The van der Waals surface area contributed by atoms with Gasteiger partial charge >= 0.3 is 0 Å². The Labute approximate surface area is 160 Å². The third kappa shape index (κ3) is 4.05. The zero-order valence-electron chi connectivity index (χ0n) is 15.7. The van der Waals surface area contributed by atoms with E-state index in [9.17, 15) is 9.59 Å². The van der Waals surface area contributed by atoms with Gasteiger partial charge in [0.05, 0.1) is 6.61 Å². The number of fused-ring (bicyclic) bond motifs is 1. The quantitative estimate of drug-likeness (QED) is 0.731. The van der Waals surface area contributed by atoms with Crippen molar-refractivity contribution in [3.8, 4) is 5.75 Å². The molecule has 0 saturated heterocycles. The molecule has 1 atom stereocenters. The van der Waals surface area contributed by atoms with Crippen molar-refractivity contribution in [3.63, 3.8) is 0 Å². The van der Waals surface area contributed by atoms with Crippen molar-refractivity contribution >= 4 is 12.2 Å². The Morgan fingerprint density at radius 3 is 2.59 bits per heavy atom. The van der Waals surface area contributed by atoms with Crippen molar-refractivity contribution in [1.82, 2.24) is 4.90 Å². The van der Waals surface area contributed by atoms with Crippen molar-refractivity contribution in [3.05, 3.63) is 64.7 Å². The van der Waals surface area contributed by atoms with E-state index in [1.54, 1.807) is 0 Å². The third-order valence-corrected chi connectivity index (χ3v) is 5.72. The van der Waals surface area contributed by atoms with Crippen molar-refractivity contribution in [1.29, 1.82) is 0 Å². The molecule has 0 heterocycles. The lowest BCUT2D eigenvalue weighted by molar-refractivity contribution is 0.0719. The van der Waals surface area contributed by atoms with E-state index in [-0.39, 0.29) is 11.9 Å². The third-order valence-electron chi connectivity index (χ3n) is 5.72. The standard InChI is InChI=1S/C23H25NO3/c1-24(21-9-6-19-12-17(14-25)4-5-20(19)13-21)23(26)18-7-10-22(11-8-18)27-15-16-2-3-16/h4-5,7-8,10-12,14,16,21H,2-3,6,9,13,15H2,1H3. The summed E-state index contributed by atoms with van der Waals surface area (Å²) in [4.78, 5) is 25.7. The van der Waals surface area contributed by atoms with Gasteiger partial charge in [-0.25, -0.2) is 0 Å². The molecule has 140 valence electrons. The zero-order valence-corrected chi connectivity index (χ0v) is 15.7. The smallest absolute Gasteiger partial charge is 0.253 e. The molecule has 0 bridgehead atoms. The fraction of sp³-hybridized carbons (Fsp3) is 0.391. The second kappa shape index (κ2) is 7.55. The van der Waals surface area contributed by atoms with Crippen LogP contribution in [0.25, 0.3) is 0 Å². The molecule has 1 saturated carbocycles. The Morgan fingerprint density at radius 2 is 1.89 bits per heavy atom. The summed E-state index contributed by atoms with van der Waals surface area (Å²) in [5.74, 6) is 1.59. The van der Waals surface area contributed by atoms with E-state index in [0.29, 0.717) is 11.5 Å². The van der Waals surface area contributed by atoms with E-state index in [2.05, 4.69) is 0 Å². The van der Waals surface area contributed by atoms with Crippen molar-refractivity contribution < 1.29 is 14.3 Å². The number of aryl methyl sites for hydroxylation is 1. The molecular formula is C23H25NO3. The number of likely N-dealkylation sites (N-methyl/N-ethyl adjacent to an activating group) is 1. The zero-order chi connectivity index (χ0) is 18.8. The molecule has 27 heavy (non-hydrogen) atoms. The summed E-state index contributed by atoms with van der Waals surface area (Å²) in [5, 5.41) is 0. The lowest BCUT2D eigenvalue weighted by atomic mass is 9.86. The molecule has 0 aromatic heterocycles. The Hall–Kier alpha value is -2.62. The first-order chi connectivity index (χ1) is 13.1. The van der Waals surface area contributed by atoms with Crippen molar-refractivity contribution in [2.75, 3.05) is 13.7 Å². The summed E-state index contributed by atoms with van der Waals surface area (Å²) in [6.45, 7) is 0.778. The van der Waals surface area contributed by atoms with Crippen LogP contribution in [0.5, 0.6) is 5.75 Å². The van der Waals surface area contributed by atoms with Gasteiger partial charge in [-0.2, -0.15) is 0 Å². The molecule has 1 unspecified atom stereocenters. The first kappa shape index (κ1) is 17.8. The molecule has 1 fully saturated rings. The minimum atomic E-state index is 0.0432. The lowest BCUT2D eigenvalue weighted by Gasteiger charge is -2.32. The normalized spacial score (nSPS) is 18.5. The predicted molar refractivity (Wildman–Crippen MR) is 104 cm³/mol. The van der Waals surface area contributed by atoms with Crippen molar-refractivity contribution in [2.24, 2.45) is 5.92 Å². The van der Waals surface area contributed by atoms with E-state index >= 15 is 0 Å².